The van der Waals surface area contributed by atoms with E-state index in [2.05, 4.69) is 21.3 Å². The number of hydrogen-bond acceptors (Lipinski definition) is 7. The molecule has 0 heterocycles. The molecule has 4 amide bonds. The van der Waals surface area contributed by atoms with Crippen LogP contribution in [0.2, 0.25) is 0 Å². The molecule has 4 N–H and O–H groups in total. The van der Waals surface area contributed by atoms with Gasteiger partial charge in [0.05, 0.1) is 19.8 Å². The Morgan fingerprint density at radius 1 is 0.667 bits per heavy atom. The van der Waals surface area contributed by atoms with Crippen LogP contribution >= 0.6 is 0 Å². The number of rotatable bonds is 8. The average Bonchev–Trinajstić information content (AvgIpc) is 2.46. The minimum Gasteiger partial charge on any atom is -0.450 e. The van der Waals surface area contributed by atoms with Crippen LogP contribution in [0.5, 0.6) is 0 Å². The minimum absolute atomic E-state index is 0.0913. The van der Waals surface area contributed by atoms with E-state index in [1.54, 1.807) is 20.8 Å². The largest absolute Gasteiger partial charge is 0.450 e. The van der Waals surface area contributed by atoms with Crippen LogP contribution in [-0.4, -0.2) is 56.3 Å². The van der Waals surface area contributed by atoms with Gasteiger partial charge in [-0.3, -0.25) is 20.7 Å². The van der Waals surface area contributed by atoms with Crippen molar-refractivity contribution in [2.24, 2.45) is 0 Å². The van der Waals surface area contributed by atoms with Crippen molar-refractivity contribution in [1.29, 1.82) is 0 Å². The van der Waals surface area contributed by atoms with E-state index in [1.165, 1.54) is 6.92 Å². The number of alkyl carbamates (subject to hydrolysis) is 3. The van der Waals surface area contributed by atoms with Gasteiger partial charge >= 0.3 is 18.3 Å². The molecule has 11 heteroatoms. The highest BCUT2D eigenvalue weighted by molar-refractivity contribution is 5.76. The van der Waals surface area contributed by atoms with Gasteiger partial charge < -0.3 is 19.5 Å². The van der Waals surface area contributed by atoms with Crippen molar-refractivity contribution < 1.29 is 33.4 Å². The predicted molar refractivity (Wildman–Crippen MR) is 81.9 cm³/mol. The highest BCUT2D eigenvalue weighted by atomic mass is 16.6. The molecule has 0 aliphatic rings. The molecular formula is C13H24N4O7. The predicted octanol–water partition coefficient (Wildman–Crippen LogP) is 0.0130. The zero-order valence-corrected chi connectivity index (χ0v) is 14.1. The van der Waals surface area contributed by atoms with Crippen LogP contribution < -0.4 is 21.3 Å². The van der Waals surface area contributed by atoms with Crippen LogP contribution in [0.3, 0.4) is 0 Å². The number of carbonyl (C=O) groups is 4. The molecule has 0 aromatic rings. The van der Waals surface area contributed by atoms with Gasteiger partial charge in [0.15, 0.2) is 0 Å². The molecule has 0 bridgehead atoms. The number of carbonyl (C=O) groups excluding carboxylic acids is 4. The normalized spacial score (nSPS) is 11.0. The zero-order valence-electron chi connectivity index (χ0n) is 14.1. The molecule has 0 fully saturated rings. The van der Waals surface area contributed by atoms with Gasteiger partial charge in [-0.1, -0.05) is 0 Å². The van der Waals surface area contributed by atoms with Crippen molar-refractivity contribution in [3.05, 3.63) is 0 Å². The third-order valence-electron chi connectivity index (χ3n) is 2.34. The molecule has 0 saturated carbocycles. The van der Waals surface area contributed by atoms with E-state index < -0.39 is 36.5 Å². The van der Waals surface area contributed by atoms with Gasteiger partial charge in [0, 0.05) is 6.92 Å². The summed E-state index contributed by atoms with van der Waals surface area (Å²) < 4.78 is 14.2. The summed E-state index contributed by atoms with van der Waals surface area (Å²) in [7, 11) is 0. The molecule has 0 aliphatic heterocycles. The van der Waals surface area contributed by atoms with Crippen LogP contribution in [0.15, 0.2) is 0 Å². The summed E-state index contributed by atoms with van der Waals surface area (Å²) in [4.78, 5) is 46.1. The van der Waals surface area contributed by atoms with E-state index in [-0.39, 0.29) is 19.8 Å². The fourth-order valence-electron chi connectivity index (χ4n) is 1.52. The van der Waals surface area contributed by atoms with E-state index in [0.29, 0.717) is 0 Å². The smallest absolute Gasteiger partial charge is 0.408 e. The van der Waals surface area contributed by atoms with Gasteiger partial charge in [0.2, 0.25) is 5.91 Å². The van der Waals surface area contributed by atoms with Gasteiger partial charge in [-0.25, -0.2) is 14.4 Å². The molecule has 0 rings (SSSR count). The molecule has 1 unspecified atom stereocenters. The van der Waals surface area contributed by atoms with Crippen molar-refractivity contribution in [1.82, 2.24) is 21.3 Å². The van der Waals surface area contributed by atoms with E-state index in [4.69, 9.17) is 14.2 Å². The van der Waals surface area contributed by atoms with E-state index in [0.717, 1.165) is 0 Å². The van der Waals surface area contributed by atoms with Crippen molar-refractivity contribution in [2.45, 2.75) is 40.0 Å². The Balaban J connectivity index is 5.18. The molecule has 0 aromatic heterocycles. The van der Waals surface area contributed by atoms with Crippen LogP contribution in [0.1, 0.15) is 27.7 Å². The van der Waals surface area contributed by atoms with Gasteiger partial charge in [-0.05, 0) is 20.8 Å². The molecule has 11 nitrogen and oxygen atoms in total. The maximum Gasteiger partial charge on any atom is 0.408 e. The minimum atomic E-state index is -1.24. The molecule has 24 heavy (non-hydrogen) atoms. The lowest BCUT2D eigenvalue weighted by molar-refractivity contribution is -0.120. The first kappa shape index (κ1) is 21.3. The third-order valence-corrected chi connectivity index (χ3v) is 2.34. The van der Waals surface area contributed by atoms with Crippen molar-refractivity contribution >= 4 is 24.2 Å². The Labute approximate surface area is 139 Å². The Bertz CT molecular complexity index is 424. The topological polar surface area (TPSA) is 144 Å². The summed E-state index contributed by atoms with van der Waals surface area (Å²) in [5.74, 6) is -0.516. The monoisotopic (exact) mass is 348 g/mol. The second kappa shape index (κ2) is 11.8. The molecule has 1 atom stereocenters. The maximum atomic E-state index is 11.6. The fraction of sp³-hybridized carbons (Fsp3) is 0.692. The summed E-state index contributed by atoms with van der Waals surface area (Å²) in [5, 5.41) is 9.29. The maximum absolute atomic E-state index is 11.6. The van der Waals surface area contributed by atoms with E-state index >= 15 is 0 Å². The number of nitrogens with one attached hydrogen (secondary N) is 4. The van der Waals surface area contributed by atoms with Crippen molar-refractivity contribution in [3.63, 3.8) is 0 Å². The number of amides is 4. The zero-order chi connectivity index (χ0) is 18.5. The van der Waals surface area contributed by atoms with E-state index in [9.17, 15) is 19.2 Å². The Hall–Kier alpha value is -2.72. The highest BCUT2D eigenvalue weighted by Gasteiger charge is 2.28. The second-order valence-corrected chi connectivity index (χ2v) is 4.25. The van der Waals surface area contributed by atoms with Crippen molar-refractivity contribution in [2.75, 3.05) is 19.8 Å². The first-order valence-electron chi connectivity index (χ1n) is 7.40. The standard InChI is InChI=1S/C13H24N4O7/c1-5-22-11(19)15-9(14-8(4)18)10(16-12(20)23-6-2)17-13(21)24-7-3/h9-10H,5-7H2,1-4H3,(H,14,18)(H,15,19)(H,16,20)(H,17,21). The molecule has 0 aromatic carbocycles. The third kappa shape index (κ3) is 9.33. The summed E-state index contributed by atoms with van der Waals surface area (Å²) in [6.07, 6.45) is -5.01. The molecule has 0 aliphatic carbocycles. The quantitative estimate of drug-likeness (QED) is 0.357. The molecule has 0 radical (unpaired) electrons. The number of hydrogen-bond donors (Lipinski definition) is 4. The number of ether oxygens (including phenoxy) is 3. The van der Waals surface area contributed by atoms with Gasteiger partial charge in [-0.15, -0.1) is 0 Å². The van der Waals surface area contributed by atoms with Crippen LogP contribution in [-0.2, 0) is 19.0 Å². The van der Waals surface area contributed by atoms with E-state index in [1.807, 2.05) is 0 Å². The highest BCUT2D eigenvalue weighted by Crippen LogP contribution is 1.94. The SMILES string of the molecule is CCOC(=O)NC(NC(C)=O)C(NC(=O)OCC)NC(=O)OCC. The molecular weight excluding hydrogens is 324 g/mol. The lowest BCUT2D eigenvalue weighted by Gasteiger charge is -2.28. The summed E-state index contributed by atoms with van der Waals surface area (Å²) in [6, 6.07) is 0. The van der Waals surface area contributed by atoms with Crippen molar-refractivity contribution in [3.8, 4) is 0 Å². The Morgan fingerprint density at radius 2 is 0.958 bits per heavy atom. The average molecular weight is 348 g/mol. The van der Waals surface area contributed by atoms with Crippen LogP contribution in [0, 0.1) is 0 Å². The summed E-state index contributed by atoms with van der Waals surface area (Å²) >= 11 is 0. The molecule has 0 spiro atoms. The fourth-order valence-corrected chi connectivity index (χ4v) is 1.52. The molecule has 0 saturated heterocycles. The van der Waals surface area contributed by atoms with Gasteiger partial charge in [0.1, 0.15) is 12.3 Å². The van der Waals surface area contributed by atoms with Crippen LogP contribution in [0.25, 0.3) is 0 Å². The lowest BCUT2D eigenvalue weighted by Crippen LogP contribution is -2.65. The lowest BCUT2D eigenvalue weighted by atomic mass is 10.3. The van der Waals surface area contributed by atoms with Crippen LogP contribution in [0.4, 0.5) is 14.4 Å². The first-order valence-corrected chi connectivity index (χ1v) is 7.40. The summed E-state index contributed by atoms with van der Waals surface area (Å²) in [6.45, 7) is 6.26. The first-order chi connectivity index (χ1) is 11.3. The molecule has 138 valence electrons. The summed E-state index contributed by atoms with van der Waals surface area (Å²) in [5.41, 5.74) is 0. The van der Waals surface area contributed by atoms with Gasteiger partial charge in [0.25, 0.3) is 0 Å². The Kier molecular flexibility index (Phi) is 10.5. The van der Waals surface area contributed by atoms with Gasteiger partial charge in [-0.2, -0.15) is 0 Å². The second-order valence-electron chi connectivity index (χ2n) is 4.25. The Morgan fingerprint density at radius 3 is 1.21 bits per heavy atom.